The van der Waals surface area contributed by atoms with Crippen molar-refractivity contribution in [1.82, 2.24) is 9.13 Å². The first kappa shape index (κ1) is 16.2. The van der Waals surface area contributed by atoms with Crippen LogP contribution in [0.3, 0.4) is 0 Å². The number of aromatic nitrogens is 2. The Bertz CT molecular complexity index is 899. The van der Waals surface area contributed by atoms with Crippen LogP contribution in [0.25, 0.3) is 10.2 Å². The molecule has 0 N–H and O–H groups in total. The average Bonchev–Trinajstić information content (AvgIpc) is 2.80. The zero-order chi connectivity index (χ0) is 16.9. The third-order valence-electron chi connectivity index (χ3n) is 4.21. The predicted octanol–water partition coefficient (Wildman–Crippen LogP) is 2.84. The maximum atomic E-state index is 13.0. The van der Waals surface area contributed by atoms with Gasteiger partial charge in [0.25, 0.3) is 5.56 Å². The van der Waals surface area contributed by atoms with Crippen LogP contribution in [0.2, 0.25) is 0 Å². The van der Waals surface area contributed by atoms with E-state index in [1.54, 1.807) is 10.6 Å². The third kappa shape index (κ3) is 2.50. The lowest BCUT2D eigenvalue weighted by Gasteiger charge is -2.30. The van der Waals surface area contributed by atoms with Crippen molar-refractivity contribution in [3.63, 3.8) is 0 Å². The number of thiophene rings is 1. The highest BCUT2D eigenvalue weighted by atomic mass is 32.1. The summed E-state index contributed by atoms with van der Waals surface area (Å²) in [6, 6.07) is -0.182. The zero-order valence-corrected chi connectivity index (χ0v) is 14.8. The molecule has 0 spiro atoms. The fourth-order valence-electron chi connectivity index (χ4n) is 3.12. The molecule has 0 unspecified atom stereocenters. The van der Waals surface area contributed by atoms with Crippen LogP contribution in [0.1, 0.15) is 44.2 Å². The molecule has 6 heteroatoms. The van der Waals surface area contributed by atoms with E-state index in [0.717, 1.165) is 15.3 Å². The third-order valence-corrected chi connectivity index (χ3v) is 5.44. The lowest BCUT2D eigenvalue weighted by molar-refractivity contribution is -0.0379. The summed E-state index contributed by atoms with van der Waals surface area (Å²) in [5.41, 5.74) is 0.292. The van der Waals surface area contributed by atoms with E-state index in [9.17, 15) is 9.59 Å². The molecule has 2 aromatic rings. The van der Waals surface area contributed by atoms with Gasteiger partial charge in [-0.05, 0) is 33.3 Å². The molecule has 0 aromatic carbocycles. The first-order chi connectivity index (χ1) is 10.8. The molecule has 0 atom stereocenters. The molecule has 124 valence electrons. The van der Waals surface area contributed by atoms with Gasteiger partial charge in [-0.25, -0.2) is 4.79 Å². The molecule has 0 bridgehead atoms. The summed E-state index contributed by atoms with van der Waals surface area (Å²) in [5, 5.41) is 0.677. The van der Waals surface area contributed by atoms with E-state index in [1.807, 2.05) is 27.7 Å². The summed E-state index contributed by atoms with van der Waals surface area (Å²) in [6.07, 6.45) is 2.37. The van der Waals surface area contributed by atoms with Gasteiger partial charge < -0.3 is 4.74 Å². The summed E-state index contributed by atoms with van der Waals surface area (Å²) in [7, 11) is 0. The molecule has 3 rings (SSSR count). The standard InChI is InChI=1S/C17H22N2O3S/c1-6-7-18-15-13(14(20)19(10(2)3)16(18)21)11-8-17(4,5)22-9-12(11)23-15/h6,10H,1,7-9H2,2-5H3. The SMILES string of the molecule is C=CCn1c(=O)n(C(C)C)c(=O)c2c3c(sc21)COC(C)(C)C3. The Kier molecular flexibility index (Phi) is 3.84. The maximum absolute atomic E-state index is 13.0. The van der Waals surface area contributed by atoms with E-state index in [2.05, 4.69) is 6.58 Å². The minimum Gasteiger partial charge on any atom is -0.370 e. The number of rotatable bonds is 3. The number of nitrogens with zero attached hydrogens (tertiary/aromatic N) is 2. The summed E-state index contributed by atoms with van der Waals surface area (Å²) >= 11 is 1.49. The van der Waals surface area contributed by atoms with Crippen molar-refractivity contribution in [2.45, 2.75) is 58.9 Å². The largest absolute Gasteiger partial charge is 0.370 e. The van der Waals surface area contributed by atoms with Crippen molar-refractivity contribution >= 4 is 21.6 Å². The first-order valence-electron chi connectivity index (χ1n) is 7.81. The van der Waals surface area contributed by atoms with Crippen molar-refractivity contribution in [2.24, 2.45) is 0 Å². The molecular weight excluding hydrogens is 312 g/mol. The molecular formula is C17H22N2O3S. The van der Waals surface area contributed by atoms with Crippen LogP contribution in [0.4, 0.5) is 0 Å². The summed E-state index contributed by atoms with van der Waals surface area (Å²) < 4.78 is 8.86. The Morgan fingerprint density at radius 1 is 1.39 bits per heavy atom. The number of fused-ring (bicyclic) bond motifs is 3. The molecule has 0 radical (unpaired) electrons. The molecule has 1 aliphatic rings. The molecule has 3 heterocycles. The van der Waals surface area contributed by atoms with Gasteiger partial charge in [-0.2, -0.15) is 0 Å². The van der Waals surface area contributed by atoms with E-state index >= 15 is 0 Å². The van der Waals surface area contributed by atoms with E-state index in [1.165, 1.54) is 15.9 Å². The fraction of sp³-hybridized carbons (Fsp3) is 0.529. The minimum absolute atomic E-state index is 0.182. The van der Waals surface area contributed by atoms with Gasteiger partial charge in [-0.1, -0.05) is 6.08 Å². The van der Waals surface area contributed by atoms with Gasteiger partial charge in [0, 0.05) is 23.9 Å². The minimum atomic E-state index is -0.296. The van der Waals surface area contributed by atoms with Gasteiger partial charge in [0.05, 0.1) is 17.6 Å². The average molecular weight is 334 g/mol. The van der Waals surface area contributed by atoms with Gasteiger partial charge in [0.1, 0.15) is 4.83 Å². The molecule has 2 aromatic heterocycles. The van der Waals surface area contributed by atoms with Gasteiger partial charge in [-0.3, -0.25) is 13.9 Å². The Labute approximate surface area is 138 Å². The monoisotopic (exact) mass is 334 g/mol. The Balaban J connectivity index is 2.45. The first-order valence-corrected chi connectivity index (χ1v) is 8.63. The Morgan fingerprint density at radius 3 is 2.70 bits per heavy atom. The van der Waals surface area contributed by atoms with Crippen LogP contribution in [0, 0.1) is 0 Å². The second kappa shape index (κ2) is 5.46. The molecule has 0 saturated carbocycles. The highest BCUT2D eigenvalue weighted by molar-refractivity contribution is 7.18. The number of hydrogen-bond acceptors (Lipinski definition) is 4. The lowest BCUT2D eigenvalue weighted by Crippen LogP contribution is -2.41. The summed E-state index contributed by atoms with van der Waals surface area (Å²) in [5.74, 6) is 0. The molecule has 0 amide bonds. The van der Waals surface area contributed by atoms with Crippen molar-refractivity contribution in [1.29, 1.82) is 0 Å². The van der Waals surface area contributed by atoms with E-state index in [4.69, 9.17) is 4.74 Å². The molecule has 0 saturated heterocycles. The van der Waals surface area contributed by atoms with Gasteiger partial charge in [-0.15, -0.1) is 17.9 Å². The van der Waals surface area contributed by atoms with E-state index in [0.29, 0.717) is 25.0 Å². The lowest BCUT2D eigenvalue weighted by atomic mass is 9.94. The quantitative estimate of drug-likeness (QED) is 0.811. The molecule has 23 heavy (non-hydrogen) atoms. The number of allylic oxidation sites excluding steroid dienone is 1. The van der Waals surface area contributed by atoms with Gasteiger partial charge in [0.2, 0.25) is 0 Å². The maximum Gasteiger partial charge on any atom is 0.332 e. The Hall–Kier alpha value is -1.66. The Morgan fingerprint density at radius 2 is 2.09 bits per heavy atom. The zero-order valence-electron chi connectivity index (χ0n) is 14.0. The van der Waals surface area contributed by atoms with Crippen LogP contribution >= 0.6 is 11.3 Å². The van der Waals surface area contributed by atoms with E-state index < -0.39 is 0 Å². The molecule has 5 nitrogen and oxygen atoms in total. The second-order valence-corrected chi connectivity index (χ2v) is 7.94. The molecule has 0 fully saturated rings. The van der Waals surface area contributed by atoms with Crippen molar-refractivity contribution in [3.05, 3.63) is 43.9 Å². The van der Waals surface area contributed by atoms with Crippen molar-refractivity contribution < 1.29 is 4.74 Å². The van der Waals surface area contributed by atoms with Crippen LogP contribution in [-0.2, 0) is 24.3 Å². The van der Waals surface area contributed by atoms with Crippen molar-refractivity contribution in [3.8, 4) is 0 Å². The topological polar surface area (TPSA) is 53.2 Å². The van der Waals surface area contributed by atoms with Crippen LogP contribution in [0.15, 0.2) is 22.2 Å². The van der Waals surface area contributed by atoms with Gasteiger partial charge >= 0.3 is 5.69 Å². The smallest absolute Gasteiger partial charge is 0.332 e. The van der Waals surface area contributed by atoms with Crippen LogP contribution < -0.4 is 11.2 Å². The van der Waals surface area contributed by atoms with Crippen molar-refractivity contribution in [2.75, 3.05) is 0 Å². The number of hydrogen-bond donors (Lipinski definition) is 0. The fourth-order valence-corrected chi connectivity index (χ4v) is 4.34. The number of ether oxygens (including phenoxy) is 1. The van der Waals surface area contributed by atoms with Crippen LogP contribution in [0.5, 0.6) is 0 Å². The van der Waals surface area contributed by atoms with Gasteiger partial charge in [0.15, 0.2) is 0 Å². The molecule has 1 aliphatic heterocycles. The second-order valence-electron chi connectivity index (χ2n) is 6.86. The summed E-state index contributed by atoms with van der Waals surface area (Å²) in [4.78, 5) is 27.5. The highest BCUT2D eigenvalue weighted by Crippen LogP contribution is 2.37. The normalized spacial score (nSPS) is 16.7. The predicted molar refractivity (Wildman–Crippen MR) is 93.5 cm³/mol. The molecule has 0 aliphatic carbocycles. The van der Waals surface area contributed by atoms with E-state index in [-0.39, 0.29) is 22.9 Å². The van der Waals surface area contributed by atoms with Crippen LogP contribution in [-0.4, -0.2) is 14.7 Å². The summed E-state index contributed by atoms with van der Waals surface area (Å²) in [6.45, 7) is 12.4. The highest BCUT2D eigenvalue weighted by Gasteiger charge is 2.31.